The van der Waals surface area contributed by atoms with Crippen molar-refractivity contribution in [1.82, 2.24) is 5.32 Å². The summed E-state index contributed by atoms with van der Waals surface area (Å²) in [5.74, 6) is 1.48. The second-order valence-electron chi connectivity index (χ2n) is 5.99. The average molecular weight is 221 g/mol. The highest BCUT2D eigenvalue weighted by Gasteiger charge is 2.29. The monoisotopic (exact) mass is 221 g/mol. The van der Waals surface area contributed by atoms with Gasteiger partial charge in [-0.15, -0.1) is 0 Å². The third kappa shape index (κ3) is 2.88. The summed E-state index contributed by atoms with van der Waals surface area (Å²) in [5, 5.41) is 3.63. The van der Waals surface area contributed by atoms with Crippen LogP contribution in [-0.4, -0.2) is 12.1 Å². The van der Waals surface area contributed by atoms with Gasteiger partial charge in [-0.05, 0) is 63.6 Å². The topological polar surface area (TPSA) is 25.2 Å². The highest BCUT2D eigenvalue weighted by molar-refractivity contribution is 5.15. The predicted octanol–water partition coefficient (Wildman–Crippen LogP) is 3.55. The minimum Gasteiger partial charge on any atom is -0.472 e. The molecule has 0 bridgehead atoms. The summed E-state index contributed by atoms with van der Waals surface area (Å²) in [4.78, 5) is 0. The Labute approximate surface area is 98.4 Å². The van der Waals surface area contributed by atoms with Crippen LogP contribution in [-0.2, 0) is 0 Å². The number of hydrogen-bond donors (Lipinski definition) is 1. The van der Waals surface area contributed by atoms with Crippen molar-refractivity contribution in [2.45, 2.75) is 51.5 Å². The molecule has 1 saturated carbocycles. The molecule has 2 unspecified atom stereocenters. The molecule has 2 atom stereocenters. The molecule has 0 aromatic carbocycles. The Balaban J connectivity index is 1.94. The van der Waals surface area contributed by atoms with Crippen molar-refractivity contribution in [2.75, 3.05) is 6.54 Å². The van der Waals surface area contributed by atoms with Gasteiger partial charge in [0.15, 0.2) is 0 Å². The van der Waals surface area contributed by atoms with Gasteiger partial charge in [0.2, 0.25) is 0 Å². The van der Waals surface area contributed by atoms with Crippen molar-refractivity contribution in [3.63, 3.8) is 0 Å². The number of rotatable bonds is 3. The molecule has 0 aliphatic heterocycles. The zero-order valence-corrected chi connectivity index (χ0v) is 10.6. The molecule has 1 heterocycles. The predicted molar refractivity (Wildman–Crippen MR) is 66.5 cm³/mol. The fourth-order valence-electron chi connectivity index (χ4n) is 2.64. The summed E-state index contributed by atoms with van der Waals surface area (Å²) < 4.78 is 5.20. The molecular weight excluding hydrogens is 198 g/mol. The van der Waals surface area contributed by atoms with Crippen LogP contribution < -0.4 is 5.32 Å². The van der Waals surface area contributed by atoms with Crippen LogP contribution in [0.4, 0.5) is 0 Å². The van der Waals surface area contributed by atoms with Gasteiger partial charge in [0.05, 0.1) is 12.5 Å². The van der Waals surface area contributed by atoms with Gasteiger partial charge < -0.3 is 9.73 Å². The van der Waals surface area contributed by atoms with Gasteiger partial charge in [0.1, 0.15) is 0 Å². The lowest BCUT2D eigenvalue weighted by atomic mass is 9.90. The first-order valence-electron chi connectivity index (χ1n) is 6.33. The van der Waals surface area contributed by atoms with E-state index in [1.54, 1.807) is 6.26 Å². The van der Waals surface area contributed by atoms with Crippen LogP contribution in [0.3, 0.4) is 0 Å². The molecular formula is C14H23NO. The second kappa shape index (κ2) is 4.62. The van der Waals surface area contributed by atoms with Crippen molar-refractivity contribution >= 4 is 0 Å². The molecule has 1 N–H and O–H groups in total. The molecule has 2 nitrogen and oxygen atoms in total. The molecule has 1 aromatic heterocycles. The van der Waals surface area contributed by atoms with Gasteiger partial charge in [-0.1, -0.05) is 6.42 Å². The van der Waals surface area contributed by atoms with Crippen LogP contribution in [0.25, 0.3) is 0 Å². The third-order valence-corrected chi connectivity index (χ3v) is 3.52. The van der Waals surface area contributed by atoms with Crippen molar-refractivity contribution in [3.05, 3.63) is 24.2 Å². The Kier molecular flexibility index (Phi) is 3.38. The number of nitrogens with one attached hydrogen (secondary N) is 1. The first-order valence-corrected chi connectivity index (χ1v) is 6.33. The van der Waals surface area contributed by atoms with Crippen LogP contribution in [0.2, 0.25) is 0 Å². The fourth-order valence-corrected chi connectivity index (χ4v) is 2.64. The van der Waals surface area contributed by atoms with Crippen molar-refractivity contribution in [3.8, 4) is 0 Å². The number of hydrogen-bond acceptors (Lipinski definition) is 2. The fraction of sp³-hybridized carbons (Fsp3) is 0.714. The van der Waals surface area contributed by atoms with Crippen LogP contribution in [0.5, 0.6) is 0 Å². The lowest BCUT2D eigenvalue weighted by Crippen LogP contribution is -2.39. The molecule has 1 aliphatic rings. The second-order valence-corrected chi connectivity index (χ2v) is 5.99. The summed E-state index contributed by atoms with van der Waals surface area (Å²) in [7, 11) is 0. The third-order valence-electron chi connectivity index (χ3n) is 3.52. The molecule has 0 saturated heterocycles. The van der Waals surface area contributed by atoms with Gasteiger partial charge >= 0.3 is 0 Å². The molecule has 0 radical (unpaired) electrons. The van der Waals surface area contributed by atoms with Gasteiger partial charge in [-0.3, -0.25) is 0 Å². The van der Waals surface area contributed by atoms with Gasteiger partial charge in [0.25, 0.3) is 0 Å². The quantitative estimate of drug-likeness (QED) is 0.844. The molecule has 1 fully saturated rings. The van der Waals surface area contributed by atoms with E-state index in [4.69, 9.17) is 4.42 Å². The van der Waals surface area contributed by atoms with Crippen molar-refractivity contribution < 1.29 is 4.42 Å². The zero-order valence-electron chi connectivity index (χ0n) is 10.6. The lowest BCUT2D eigenvalue weighted by molar-refractivity contribution is 0.356. The first-order chi connectivity index (χ1) is 7.56. The van der Waals surface area contributed by atoms with E-state index in [1.165, 1.54) is 24.8 Å². The average Bonchev–Trinajstić information content (AvgIpc) is 2.84. The largest absolute Gasteiger partial charge is 0.472 e. The van der Waals surface area contributed by atoms with E-state index < -0.39 is 0 Å². The molecule has 2 heteroatoms. The highest BCUT2D eigenvalue weighted by Crippen LogP contribution is 2.39. The Morgan fingerprint density at radius 1 is 1.38 bits per heavy atom. The minimum absolute atomic E-state index is 0.226. The van der Waals surface area contributed by atoms with E-state index in [2.05, 4.69) is 32.2 Å². The van der Waals surface area contributed by atoms with Crippen LogP contribution in [0, 0.1) is 5.92 Å². The minimum atomic E-state index is 0.226. The highest BCUT2D eigenvalue weighted by atomic mass is 16.3. The molecule has 0 spiro atoms. The molecule has 90 valence electrons. The zero-order chi connectivity index (χ0) is 11.6. The maximum absolute atomic E-state index is 5.20. The van der Waals surface area contributed by atoms with E-state index in [1.807, 2.05) is 6.26 Å². The standard InChI is InChI=1S/C14H23NO/c1-14(2,3)15-9-11-5-4-6-13(11)12-7-8-16-10-12/h7-8,10-11,13,15H,4-6,9H2,1-3H3. The summed E-state index contributed by atoms with van der Waals surface area (Å²) in [6.07, 6.45) is 7.73. The van der Waals surface area contributed by atoms with Gasteiger partial charge in [-0.2, -0.15) is 0 Å². The number of furan rings is 1. The summed E-state index contributed by atoms with van der Waals surface area (Å²) >= 11 is 0. The van der Waals surface area contributed by atoms with Crippen LogP contribution >= 0.6 is 0 Å². The summed E-state index contributed by atoms with van der Waals surface area (Å²) in [6, 6.07) is 2.13. The van der Waals surface area contributed by atoms with Crippen molar-refractivity contribution in [2.24, 2.45) is 5.92 Å². The maximum atomic E-state index is 5.20. The van der Waals surface area contributed by atoms with E-state index in [-0.39, 0.29) is 5.54 Å². The molecule has 0 amide bonds. The molecule has 2 rings (SSSR count). The normalized spacial score (nSPS) is 26.2. The summed E-state index contributed by atoms with van der Waals surface area (Å²) in [6.45, 7) is 7.82. The van der Waals surface area contributed by atoms with E-state index in [0.717, 1.165) is 12.5 Å². The lowest BCUT2D eigenvalue weighted by Gasteiger charge is -2.26. The Morgan fingerprint density at radius 3 is 2.81 bits per heavy atom. The van der Waals surface area contributed by atoms with E-state index in [0.29, 0.717) is 5.92 Å². The molecule has 1 aliphatic carbocycles. The van der Waals surface area contributed by atoms with Gasteiger partial charge in [0, 0.05) is 5.54 Å². The van der Waals surface area contributed by atoms with Crippen LogP contribution in [0.15, 0.2) is 23.0 Å². The maximum Gasteiger partial charge on any atom is 0.0937 e. The Morgan fingerprint density at radius 2 is 2.19 bits per heavy atom. The Bertz CT molecular complexity index is 310. The van der Waals surface area contributed by atoms with Crippen molar-refractivity contribution in [1.29, 1.82) is 0 Å². The van der Waals surface area contributed by atoms with Crippen LogP contribution in [0.1, 0.15) is 51.5 Å². The van der Waals surface area contributed by atoms with E-state index in [9.17, 15) is 0 Å². The first kappa shape index (κ1) is 11.7. The smallest absolute Gasteiger partial charge is 0.0937 e. The van der Waals surface area contributed by atoms with E-state index >= 15 is 0 Å². The molecule has 1 aromatic rings. The summed E-state index contributed by atoms with van der Waals surface area (Å²) in [5.41, 5.74) is 1.61. The van der Waals surface area contributed by atoms with Gasteiger partial charge in [-0.25, -0.2) is 0 Å². The SMILES string of the molecule is CC(C)(C)NCC1CCCC1c1ccoc1. The molecule has 16 heavy (non-hydrogen) atoms. The Hall–Kier alpha value is -0.760.